The molecule has 0 saturated carbocycles. The van der Waals surface area contributed by atoms with E-state index in [1.807, 2.05) is 30.8 Å². The molecule has 1 aliphatic heterocycles. The lowest BCUT2D eigenvalue weighted by Crippen LogP contribution is -2.32. The van der Waals surface area contributed by atoms with E-state index in [0.717, 1.165) is 36.1 Å². The molecule has 0 aromatic heterocycles. The summed E-state index contributed by atoms with van der Waals surface area (Å²) in [6.45, 7) is 10.6. The number of carbonyl (C=O) groups is 1. The molecule has 182 valence electrons. The van der Waals surface area contributed by atoms with Crippen LogP contribution in [0.5, 0.6) is 0 Å². The van der Waals surface area contributed by atoms with E-state index in [1.54, 1.807) is 11.8 Å². The van der Waals surface area contributed by atoms with Gasteiger partial charge in [0.25, 0.3) is 0 Å². The lowest BCUT2D eigenvalue weighted by atomic mass is 9.94. The third-order valence-corrected chi connectivity index (χ3v) is 9.03. The maximum atomic E-state index is 10.8. The Hall–Kier alpha value is -1.58. The van der Waals surface area contributed by atoms with Gasteiger partial charge < -0.3 is 9.69 Å². The van der Waals surface area contributed by atoms with Crippen molar-refractivity contribution in [3.05, 3.63) is 74.9 Å². The molecule has 2 aromatic rings. The van der Waals surface area contributed by atoms with Crippen molar-refractivity contribution in [1.82, 2.24) is 4.90 Å². The second-order valence-electron chi connectivity index (χ2n) is 9.14. The Kier molecular flexibility index (Phi) is 10.7. The van der Waals surface area contributed by atoms with E-state index in [0.29, 0.717) is 12.3 Å². The number of hydrogen-bond donors (Lipinski definition) is 0. The minimum atomic E-state index is 0.296. The normalized spacial score (nSPS) is 15.0. The van der Waals surface area contributed by atoms with Gasteiger partial charge in [-0.2, -0.15) is 0 Å². The third-order valence-electron chi connectivity index (χ3n) is 6.54. The highest BCUT2D eigenvalue weighted by Crippen LogP contribution is 2.36. The van der Waals surface area contributed by atoms with Gasteiger partial charge in [0.2, 0.25) is 0 Å². The van der Waals surface area contributed by atoms with Crippen molar-refractivity contribution in [3.8, 4) is 0 Å². The Bertz CT molecular complexity index is 1040. The van der Waals surface area contributed by atoms with Crippen molar-refractivity contribution >= 4 is 41.4 Å². The zero-order valence-corrected chi connectivity index (χ0v) is 23.2. The van der Waals surface area contributed by atoms with Crippen molar-refractivity contribution in [3.63, 3.8) is 0 Å². The number of aryl methyl sites for hydroxylation is 2. The van der Waals surface area contributed by atoms with Crippen LogP contribution in [0, 0.1) is 19.8 Å². The van der Waals surface area contributed by atoms with E-state index in [2.05, 4.69) is 61.7 Å². The van der Waals surface area contributed by atoms with Crippen LogP contribution in [-0.4, -0.2) is 30.0 Å². The maximum Gasteiger partial charge on any atom is 0.120 e. The van der Waals surface area contributed by atoms with Crippen LogP contribution in [0.4, 0.5) is 0 Å². The average Bonchev–Trinajstić information content (AvgIpc) is 2.82. The number of nitrogens with zero attached hydrogens (tertiary/aromatic N) is 1. The van der Waals surface area contributed by atoms with Gasteiger partial charge >= 0.3 is 0 Å². The standard InChI is InChI=1S/C29H36ClNOS2/c1-5-6-29(34-28-20-25(30)8-7-22(28)3)31-15-11-24(12-16-31)14-18-33-26-9-10-27(23(4)19-26)21(2)13-17-32/h5,7-10,17,19-21,24H,11-16,18H2,1-4H3. The number of hydrogen-bond acceptors (Lipinski definition) is 4. The first-order chi connectivity index (χ1) is 16.4. The monoisotopic (exact) mass is 513 g/mol. The zero-order valence-electron chi connectivity index (χ0n) is 20.8. The van der Waals surface area contributed by atoms with Crippen LogP contribution in [-0.2, 0) is 4.79 Å². The molecule has 3 rings (SSSR count). The predicted octanol–water partition coefficient (Wildman–Crippen LogP) is 8.65. The molecule has 5 heteroatoms. The molecule has 0 N–H and O–H groups in total. The molecule has 1 heterocycles. The first-order valence-electron chi connectivity index (χ1n) is 12.2. The van der Waals surface area contributed by atoms with E-state index in [1.165, 1.54) is 50.8 Å². The molecule has 2 nitrogen and oxygen atoms in total. The Morgan fingerprint density at radius 1 is 1.18 bits per heavy atom. The van der Waals surface area contributed by atoms with Crippen LogP contribution in [0.2, 0.25) is 5.02 Å². The number of allylic oxidation sites excluding steroid dienone is 1. The Balaban J connectivity index is 1.49. The highest BCUT2D eigenvalue weighted by molar-refractivity contribution is 8.03. The highest BCUT2D eigenvalue weighted by Gasteiger charge is 2.22. The molecule has 1 fully saturated rings. The second kappa shape index (κ2) is 13.5. The van der Waals surface area contributed by atoms with Crippen LogP contribution in [0.15, 0.2) is 63.0 Å². The van der Waals surface area contributed by atoms with Gasteiger partial charge in [0.15, 0.2) is 0 Å². The van der Waals surface area contributed by atoms with Crippen LogP contribution >= 0.6 is 35.1 Å². The number of likely N-dealkylation sites (tertiary alicyclic amines) is 1. The van der Waals surface area contributed by atoms with Crippen molar-refractivity contribution in [1.29, 1.82) is 0 Å². The topological polar surface area (TPSA) is 20.3 Å². The Morgan fingerprint density at radius 2 is 1.94 bits per heavy atom. The molecule has 0 spiro atoms. The van der Waals surface area contributed by atoms with E-state index in [4.69, 9.17) is 11.6 Å². The van der Waals surface area contributed by atoms with Crippen molar-refractivity contribution in [2.24, 2.45) is 5.92 Å². The summed E-state index contributed by atoms with van der Waals surface area (Å²) in [5, 5.41) is 1.98. The lowest BCUT2D eigenvalue weighted by molar-refractivity contribution is -0.108. The number of aldehydes is 1. The number of rotatable bonds is 10. The number of carbonyl (C=O) groups excluding carboxylic acids is 1. The molecular weight excluding hydrogens is 478 g/mol. The molecule has 0 radical (unpaired) electrons. The highest BCUT2D eigenvalue weighted by atomic mass is 35.5. The molecular formula is C29H36ClNOS2. The molecule has 34 heavy (non-hydrogen) atoms. The van der Waals surface area contributed by atoms with Gasteiger partial charge in [-0.05, 0) is 105 Å². The van der Waals surface area contributed by atoms with Crippen LogP contribution in [0.25, 0.3) is 0 Å². The van der Waals surface area contributed by atoms with Crippen LogP contribution < -0.4 is 0 Å². The summed E-state index contributed by atoms with van der Waals surface area (Å²) in [4.78, 5) is 15.9. The lowest BCUT2D eigenvalue weighted by Gasteiger charge is -2.34. The van der Waals surface area contributed by atoms with E-state index in [9.17, 15) is 4.79 Å². The van der Waals surface area contributed by atoms with Gasteiger partial charge in [0.1, 0.15) is 11.3 Å². The minimum absolute atomic E-state index is 0.296. The summed E-state index contributed by atoms with van der Waals surface area (Å²) >= 11 is 9.98. The van der Waals surface area contributed by atoms with E-state index in [-0.39, 0.29) is 0 Å². The summed E-state index contributed by atoms with van der Waals surface area (Å²) < 4.78 is 0. The predicted molar refractivity (Wildman–Crippen MR) is 149 cm³/mol. The van der Waals surface area contributed by atoms with E-state index >= 15 is 0 Å². The fraction of sp³-hybridized carbons (Fsp3) is 0.448. The minimum Gasteiger partial charge on any atom is -0.360 e. The van der Waals surface area contributed by atoms with Gasteiger partial charge in [0.05, 0.1) is 0 Å². The summed E-state index contributed by atoms with van der Waals surface area (Å²) in [5.41, 5.74) is 7.30. The van der Waals surface area contributed by atoms with Gasteiger partial charge in [-0.1, -0.05) is 48.2 Å². The first-order valence-corrected chi connectivity index (χ1v) is 14.4. The second-order valence-corrected chi connectivity index (χ2v) is 11.8. The van der Waals surface area contributed by atoms with Crippen molar-refractivity contribution in [2.75, 3.05) is 18.8 Å². The first kappa shape index (κ1) is 27.0. The fourth-order valence-corrected chi connectivity index (χ4v) is 6.89. The largest absolute Gasteiger partial charge is 0.360 e. The quantitative estimate of drug-likeness (QED) is 0.180. The molecule has 0 aliphatic carbocycles. The number of piperidine rings is 1. The number of halogens is 1. The Labute approximate surface area is 219 Å². The smallest absolute Gasteiger partial charge is 0.120 e. The molecule has 1 saturated heterocycles. The number of benzene rings is 2. The average molecular weight is 514 g/mol. The van der Waals surface area contributed by atoms with Crippen molar-refractivity contribution in [2.45, 2.75) is 69.1 Å². The van der Waals surface area contributed by atoms with Gasteiger partial charge in [0, 0.05) is 34.3 Å². The molecule has 2 aromatic carbocycles. The molecule has 0 bridgehead atoms. The summed E-state index contributed by atoms with van der Waals surface area (Å²) in [5.74, 6) is 2.23. The maximum absolute atomic E-state index is 10.8. The molecule has 1 unspecified atom stereocenters. The van der Waals surface area contributed by atoms with Crippen molar-refractivity contribution < 1.29 is 4.79 Å². The summed E-state index contributed by atoms with van der Waals surface area (Å²) in [6.07, 6.45) is 7.33. The molecule has 1 atom stereocenters. The third kappa shape index (κ3) is 7.71. The van der Waals surface area contributed by atoms with E-state index < -0.39 is 0 Å². The van der Waals surface area contributed by atoms with Crippen LogP contribution in [0.1, 0.15) is 62.1 Å². The SMILES string of the molecule is CC=C=C(Sc1cc(Cl)ccc1C)N1CCC(CCSc2ccc(C(C)CC=O)c(C)c2)CC1. The fourth-order valence-electron chi connectivity index (χ4n) is 4.43. The Morgan fingerprint density at radius 3 is 2.62 bits per heavy atom. The summed E-state index contributed by atoms with van der Waals surface area (Å²) in [7, 11) is 0. The van der Waals surface area contributed by atoms with Gasteiger partial charge in [-0.25, -0.2) is 0 Å². The van der Waals surface area contributed by atoms with Gasteiger partial charge in [-0.3, -0.25) is 0 Å². The van der Waals surface area contributed by atoms with Gasteiger partial charge in [-0.15, -0.1) is 11.8 Å². The molecule has 1 aliphatic rings. The zero-order chi connectivity index (χ0) is 24.5. The molecule has 0 amide bonds. The van der Waals surface area contributed by atoms with Crippen LogP contribution in [0.3, 0.4) is 0 Å². The number of thioether (sulfide) groups is 2. The summed E-state index contributed by atoms with van der Waals surface area (Å²) in [6, 6.07) is 12.8.